The fraction of sp³-hybridized carbons (Fsp3) is 0.364. The molecule has 1 saturated heterocycles. The first kappa shape index (κ1) is 13.7. The number of hydrogen-bond acceptors (Lipinski definition) is 4. The fourth-order valence-corrected chi connectivity index (χ4v) is 3.05. The molecule has 1 aliphatic heterocycles. The first-order chi connectivity index (χ1) is 9.04. The van der Waals surface area contributed by atoms with E-state index in [1.54, 1.807) is 6.07 Å². The molecule has 0 amide bonds. The topological polar surface area (TPSA) is 85.2 Å². The molecule has 6 nitrogen and oxygen atoms in total. The van der Waals surface area contributed by atoms with Crippen molar-refractivity contribution in [3.05, 3.63) is 29.6 Å². The standard InChI is InChI=1S/C11H13FN4O2S/c12-10-2-1-3-11(9(10)8-13)15-19(17,18)16-6-4-14-5-7-16/h1-3,14-15H,4-7H2. The van der Waals surface area contributed by atoms with E-state index in [1.165, 1.54) is 16.4 Å². The Bertz CT molecular complexity index is 606. The SMILES string of the molecule is N#Cc1c(F)cccc1NS(=O)(=O)N1CCNCC1. The van der Waals surface area contributed by atoms with Crippen molar-refractivity contribution in [1.29, 1.82) is 5.26 Å². The number of halogens is 1. The van der Waals surface area contributed by atoms with Gasteiger partial charge in [0.05, 0.1) is 5.69 Å². The van der Waals surface area contributed by atoms with Gasteiger partial charge in [-0.15, -0.1) is 0 Å². The molecule has 0 aromatic heterocycles. The second kappa shape index (κ2) is 5.52. The van der Waals surface area contributed by atoms with Gasteiger partial charge in [0.1, 0.15) is 17.4 Å². The van der Waals surface area contributed by atoms with Crippen molar-refractivity contribution < 1.29 is 12.8 Å². The highest BCUT2D eigenvalue weighted by atomic mass is 32.2. The van der Waals surface area contributed by atoms with E-state index in [-0.39, 0.29) is 11.3 Å². The molecule has 0 bridgehead atoms. The van der Waals surface area contributed by atoms with Crippen molar-refractivity contribution in [1.82, 2.24) is 9.62 Å². The molecular weight excluding hydrogens is 271 g/mol. The highest BCUT2D eigenvalue weighted by molar-refractivity contribution is 7.90. The van der Waals surface area contributed by atoms with Crippen molar-refractivity contribution in [3.63, 3.8) is 0 Å². The van der Waals surface area contributed by atoms with Crippen LogP contribution in [0.5, 0.6) is 0 Å². The lowest BCUT2D eigenvalue weighted by Gasteiger charge is -2.27. The lowest BCUT2D eigenvalue weighted by Crippen LogP contribution is -2.48. The fourth-order valence-electron chi connectivity index (χ4n) is 1.81. The van der Waals surface area contributed by atoms with Crippen LogP contribution in [0.4, 0.5) is 10.1 Å². The second-order valence-electron chi connectivity index (χ2n) is 4.03. The van der Waals surface area contributed by atoms with E-state index in [2.05, 4.69) is 10.0 Å². The summed E-state index contributed by atoms with van der Waals surface area (Å²) in [7, 11) is -3.76. The average molecular weight is 284 g/mol. The monoisotopic (exact) mass is 284 g/mol. The summed E-state index contributed by atoms with van der Waals surface area (Å²) in [5.41, 5.74) is -0.345. The van der Waals surface area contributed by atoms with Crippen LogP contribution < -0.4 is 10.0 Å². The normalized spacial score (nSPS) is 16.8. The summed E-state index contributed by atoms with van der Waals surface area (Å²) >= 11 is 0. The van der Waals surface area contributed by atoms with Crippen LogP contribution >= 0.6 is 0 Å². The minimum atomic E-state index is -3.76. The van der Waals surface area contributed by atoms with Gasteiger partial charge in [0.2, 0.25) is 0 Å². The molecule has 0 radical (unpaired) electrons. The molecule has 0 unspecified atom stereocenters. The molecule has 0 spiro atoms. The van der Waals surface area contributed by atoms with E-state index < -0.39 is 16.0 Å². The van der Waals surface area contributed by atoms with Crippen molar-refractivity contribution in [2.75, 3.05) is 30.9 Å². The molecule has 0 aliphatic carbocycles. The molecule has 102 valence electrons. The molecular formula is C11H13FN4O2S. The summed E-state index contributed by atoms with van der Waals surface area (Å²) in [6.45, 7) is 1.81. The molecule has 8 heteroatoms. The largest absolute Gasteiger partial charge is 0.314 e. The predicted molar refractivity (Wildman–Crippen MR) is 68.1 cm³/mol. The molecule has 2 rings (SSSR count). The molecule has 2 N–H and O–H groups in total. The Labute approximate surface area is 111 Å². The maximum Gasteiger partial charge on any atom is 0.301 e. The van der Waals surface area contributed by atoms with Gasteiger partial charge >= 0.3 is 10.2 Å². The molecule has 1 aromatic rings. The van der Waals surface area contributed by atoms with Gasteiger partial charge in [0, 0.05) is 26.2 Å². The van der Waals surface area contributed by atoms with Crippen molar-refractivity contribution >= 4 is 15.9 Å². The summed E-state index contributed by atoms with van der Waals surface area (Å²) in [5, 5.41) is 11.9. The lowest BCUT2D eigenvalue weighted by atomic mass is 10.2. The van der Waals surface area contributed by atoms with Crippen LogP contribution in [0, 0.1) is 17.1 Å². The van der Waals surface area contributed by atoms with E-state index in [1.807, 2.05) is 0 Å². The molecule has 1 aromatic carbocycles. The number of anilines is 1. The van der Waals surface area contributed by atoms with E-state index in [4.69, 9.17) is 5.26 Å². The quantitative estimate of drug-likeness (QED) is 0.833. The Morgan fingerprint density at radius 1 is 1.37 bits per heavy atom. The Kier molecular flexibility index (Phi) is 3.99. The summed E-state index contributed by atoms with van der Waals surface area (Å²) in [5.74, 6) is -0.747. The van der Waals surface area contributed by atoms with Crippen LogP contribution in [-0.4, -0.2) is 38.9 Å². The van der Waals surface area contributed by atoms with Crippen molar-refractivity contribution in [2.24, 2.45) is 0 Å². The highest BCUT2D eigenvalue weighted by Crippen LogP contribution is 2.20. The summed E-state index contributed by atoms with van der Waals surface area (Å²) in [6, 6.07) is 5.48. The highest BCUT2D eigenvalue weighted by Gasteiger charge is 2.24. The maximum atomic E-state index is 13.4. The molecule has 19 heavy (non-hydrogen) atoms. The third-order valence-electron chi connectivity index (χ3n) is 2.78. The molecule has 0 atom stereocenters. The zero-order chi connectivity index (χ0) is 13.9. The van der Waals surface area contributed by atoms with Crippen LogP contribution in [-0.2, 0) is 10.2 Å². The van der Waals surface area contributed by atoms with E-state index in [9.17, 15) is 12.8 Å². The van der Waals surface area contributed by atoms with E-state index in [0.29, 0.717) is 26.2 Å². The van der Waals surface area contributed by atoms with E-state index >= 15 is 0 Å². The third-order valence-corrected chi connectivity index (χ3v) is 4.30. The average Bonchev–Trinajstić information content (AvgIpc) is 2.40. The van der Waals surface area contributed by atoms with Crippen LogP contribution in [0.2, 0.25) is 0 Å². The number of nitrogens with one attached hydrogen (secondary N) is 2. The smallest absolute Gasteiger partial charge is 0.301 e. The first-order valence-corrected chi connectivity index (χ1v) is 7.16. The number of piperazine rings is 1. The number of nitrogens with zero attached hydrogens (tertiary/aromatic N) is 2. The molecule has 0 saturated carbocycles. The number of hydrogen-bond donors (Lipinski definition) is 2. The van der Waals surface area contributed by atoms with Gasteiger partial charge in [-0.3, -0.25) is 4.72 Å². The summed E-state index contributed by atoms with van der Waals surface area (Å²) in [4.78, 5) is 0. The summed E-state index contributed by atoms with van der Waals surface area (Å²) in [6.07, 6.45) is 0. The van der Waals surface area contributed by atoms with Crippen LogP contribution in [0.1, 0.15) is 5.56 Å². The van der Waals surface area contributed by atoms with Gasteiger partial charge in [-0.05, 0) is 12.1 Å². The lowest BCUT2D eigenvalue weighted by molar-refractivity contribution is 0.362. The Balaban J connectivity index is 2.25. The van der Waals surface area contributed by atoms with Gasteiger partial charge < -0.3 is 5.32 Å². The zero-order valence-electron chi connectivity index (χ0n) is 10.1. The minimum absolute atomic E-state index is 0.0407. The van der Waals surface area contributed by atoms with Crippen LogP contribution in [0.3, 0.4) is 0 Å². The Morgan fingerprint density at radius 2 is 2.05 bits per heavy atom. The van der Waals surface area contributed by atoms with Gasteiger partial charge in [-0.25, -0.2) is 4.39 Å². The predicted octanol–water partition coefficient (Wildman–Crippen LogP) is 0.259. The first-order valence-electron chi connectivity index (χ1n) is 5.72. The van der Waals surface area contributed by atoms with E-state index in [0.717, 1.165) is 6.07 Å². The number of nitriles is 1. The van der Waals surface area contributed by atoms with Gasteiger partial charge in [-0.1, -0.05) is 6.07 Å². The number of rotatable bonds is 3. The van der Waals surface area contributed by atoms with Gasteiger partial charge in [-0.2, -0.15) is 18.0 Å². The summed E-state index contributed by atoms with van der Waals surface area (Å²) < 4.78 is 41.1. The van der Waals surface area contributed by atoms with Crippen molar-refractivity contribution in [2.45, 2.75) is 0 Å². The number of benzene rings is 1. The molecule has 1 aliphatic rings. The second-order valence-corrected chi connectivity index (χ2v) is 5.70. The Morgan fingerprint density at radius 3 is 2.68 bits per heavy atom. The van der Waals surface area contributed by atoms with Crippen LogP contribution in [0.25, 0.3) is 0 Å². The Hall–Kier alpha value is -1.69. The minimum Gasteiger partial charge on any atom is -0.314 e. The van der Waals surface area contributed by atoms with Crippen LogP contribution in [0.15, 0.2) is 18.2 Å². The third kappa shape index (κ3) is 3.01. The van der Waals surface area contributed by atoms with Crippen molar-refractivity contribution in [3.8, 4) is 6.07 Å². The van der Waals surface area contributed by atoms with Gasteiger partial charge in [0.25, 0.3) is 0 Å². The molecule has 1 heterocycles. The molecule has 1 fully saturated rings. The maximum absolute atomic E-state index is 13.4. The van der Waals surface area contributed by atoms with Gasteiger partial charge in [0.15, 0.2) is 0 Å². The zero-order valence-corrected chi connectivity index (χ0v) is 10.9.